The maximum absolute atomic E-state index is 13.7. The summed E-state index contributed by atoms with van der Waals surface area (Å²) in [6.45, 7) is 0. The summed E-state index contributed by atoms with van der Waals surface area (Å²) in [6, 6.07) is 9.89. The first-order valence-corrected chi connectivity index (χ1v) is 7.54. The molecule has 1 saturated carbocycles. The van der Waals surface area contributed by atoms with Crippen LogP contribution in [0.2, 0.25) is 0 Å². The third-order valence-corrected chi connectivity index (χ3v) is 4.08. The van der Waals surface area contributed by atoms with E-state index in [4.69, 9.17) is 10.2 Å². The standard InChI is InChI=1S/C17H19FN2O2.ClH/c18-14-4-2-1-3-13(14)15-9-10-16(22-15)17(21)20-12-7-5-11(19)6-8-12;/h1-4,9-12H,5-8,19H2,(H,20,21);1H. The van der Waals surface area contributed by atoms with Gasteiger partial charge in [0.1, 0.15) is 11.6 Å². The molecule has 4 nitrogen and oxygen atoms in total. The van der Waals surface area contributed by atoms with Crippen molar-refractivity contribution in [2.24, 2.45) is 5.73 Å². The van der Waals surface area contributed by atoms with Crippen LogP contribution < -0.4 is 11.1 Å². The topological polar surface area (TPSA) is 68.3 Å². The average Bonchev–Trinajstić information content (AvgIpc) is 3.00. The minimum Gasteiger partial charge on any atom is -0.451 e. The molecule has 3 rings (SSSR count). The first-order chi connectivity index (χ1) is 10.6. The Balaban J connectivity index is 0.00000192. The maximum Gasteiger partial charge on any atom is 0.287 e. The van der Waals surface area contributed by atoms with E-state index in [0.717, 1.165) is 25.7 Å². The number of nitrogens with one attached hydrogen (secondary N) is 1. The summed E-state index contributed by atoms with van der Waals surface area (Å²) in [7, 11) is 0. The molecule has 0 aliphatic heterocycles. The van der Waals surface area contributed by atoms with Crippen molar-refractivity contribution in [1.29, 1.82) is 0 Å². The largest absolute Gasteiger partial charge is 0.451 e. The van der Waals surface area contributed by atoms with Crippen molar-refractivity contribution >= 4 is 18.3 Å². The molecule has 0 unspecified atom stereocenters. The molecule has 1 heterocycles. The third kappa shape index (κ3) is 4.12. The fraction of sp³-hybridized carbons (Fsp3) is 0.353. The van der Waals surface area contributed by atoms with E-state index in [9.17, 15) is 9.18 Å². The van der Waals surface area contributed by atoms with Crippen LogP contribution in [-0.2, 0) is 0 Å². The van der Waals surface area contributed by atoms with Gasteiger partial charge in [-0.1, -0.05) is 12.1 Å². The Morgan fingerprint density at radius 2 is 1.83 bits per heavy atom. The zero-order valence-electron chi connectivity index (χ0n) is 12.6. The van der Waals surface area contributed by atoms with Gasteiger partial charge >= 0.3 is 0 Å². The lowest BCUT2D eigenvalue weighted by Gasteiger charge is -2.26. The van der Waals surface area contributed by atoms with E-state index in [-0.39, 0.29) is 42.0 Å². The molecular formula is C17H20ClFN2O2. The Morgan fingerprint density at radius 3 is 2.52 bits per heavy atom. The van der Waals surface area contributed by atoms with Crippen molar-refractivity contribution in [3.05, 3.63) is 48.0 Å². The second-order valence-electron chi connectivity index (χ2n) is 5.73. The molecule has 23 heavy (non-hydrogen) atoms. The molecule has 1 aliphatic rings. The van der Waals surface area contributed by atoms with Gasteiger partial charge < -0.3 is 15.5 Å². The number of amides is 1. The Labute approximate surface area is 140 Å². The molecule has 124 valence electrons. The van der Waals surface area contributed by atoms with Crippen LogP contribution in [0.25, 0.3) is 11.3 Å². The number of nitrogens with two attached hydrogens (primary N) is 1. The van der Waals surface area contributed by atoms with Crippen molar-refractivity contribution in [1.82, 2.24) is 5.32 Å². The monoisotopic (exact) mass is 338 g/mol. The summed E-state index contributed by atoms with van der Waals surface area (Å²) in [5, 5.41) is 2.95. The fourth-order valence-electron chi connectivity index (χ4n) is 2.79. The number of hydrogen-bond donors (Lipinski definition) is 2. The van der Waals surface area contributed by atoms with Gasteiger partial charge in [0.25, 0.3) is 5.91 Å². The number of carbonyl (C=O) groups is 1. The zero-order valence-corrected chi connectivity index (χ0v) is 13.4. The van der Waals surface area contributed by atoms with Gasteiger partial charge in [0.15, 0.2) is 5.76 Å². The molecule has 1 amide bonds. The zero-order chi connectivity index (χ0) is 15.5. The summed E-state index contributed by atoms with van der Waals surface area (Å²) >= 11 is 0. The van der Waals surface area contributed by atoms with Crippen molar-refractivity contribution in [2.75, 3.05) is 0 Å². The van der Waals surface area contributed by atoms with Gasteiger partial charge in [-0.25, -0.2) is 4.39 Å². The molecule has 1 fully saturated rings. The molecule has 3 N–H and O–H groups in total. The maximum atomic E-state index is 13.7. The Bertz CT molecular complexity index is 666. The van der Waals surface area contributed by atoms with E-state index < -0.39 is 0 Å². The number of halogens is 2. The average molecular weight is 339 g/mol. The minimum atomic E-state index is -0.370. The van der Waals surface area contributed by atoms with E-state index in [0.29, 0.717) is 11.3 Å². The van der Waals surface area contributed by atoms with E-state index in [2.05, 4.69) is 5.32 Å². The van der Waals surface area contributed by atoms with Crippen molar-refractivity contribution < 1.29 is 13.6 Å². The molecule has 0 radical (unpaired) electrons. The van der Waals surface area contributed by atoms with Gasteiger partial charge in [0, 0.05) is 12.1 Å². The van der Waals surface area contributed by atoms with Crippen LogP contribution in [0.5, 0.6) is 0 Å². The smallest absolute Gasteiger partial charge is 0.287 e. The van der Waals surface area contributed by atoms with E-state index in [1.807, 2.05) is 0 Å². The molecule has 1 aromatic carbocycles. The molecule has 0 atom stereocenters. The van der Waals surface area contributed by atoms with Crippen LogP contribution in [-0.4, -0.2) is 18.0 Å². The second-order valence-corrected chi connectivity index (χ2v) is 5.73. The lowest BCUT2D eigenvalue weighted by molar-refractivity contribution is 0.0898. The highest BCUT2D eigenvalue weighted by molar-refractivity contribution is 5.92. The van der Waals surface area contributed by atoms with E-state index in [1.54, 1.807) is 30.3 Å². The fourth-order valence-corrected chi connectivity index (χ4v) is 2.79. The van der Waals surface area contributed by atoms with Crippen LogP contribution in [0.3, 0.4) is 0 Å². The molecule has 1 aliphatic carbocycles. The Morgan fingerprint density at radius 1 is 1.13 bits per heavy atom. The predicted molar refractivity (Wildman–Crippen MR) is 89.0 cm³/mol. The number of hydrogen-bond acceptors (Lipinski definition) is 3. The van der Waals surface area contributed by atoms with Crippen LogP contribution in [0.1, 0.15) is 36.2 Å². The molecule has 0 bridgehead atoms. The molecule has 0 spiro atoms. The van der Waals surface area contributed by atoms with Gasteiger partial charge in [0.05, 0.1) is 5.56 Å². The van der Waals surface area contributed by atoms with Gasteiger partial charge in [-0.05, 0) is 49.9 Å². The first kappa shape index (κ1) is 17.5. The molecule has 2 aromatic rings. The summed E-state index contributed by atoms with van der Waals surface area (Å²) in [5.41, 5.74) is 6.21. The van der Waals surface area contributed by atoms with E-state index in [1.165, 1.54) is 6.07 Å². The molecule has 1 aromatic heterocycles. The second kappa shape index (κ2) is 7.62. The number of carbonyl (C=O) groups excluding carboxylic acids is 1. The van der Waals surface area contributed by atoms with Gasteiger partial charge in [-0.15, -0.1) is 12.4 Å². The van der Waals surface area contributed by atoms with Crippen molar-refractivity contribution in [2.45, 2.75) is 37.8 Å². The Kier molecular flexibility index (Phi) is 5.80. The van der Waals surface area contributed by atoms with Crippen molar-refractivity contribution in [3.63, 3.8) is 0 Å². The number of furan rings is 1. The van der Waals surface area contributed by atoms with Crippen molar-refractivity contribution in [3.8, 4) is 11.3 Å². The minimum absolute atomic E-state index is 0. The predicted octanol–water partition coefficient (Wildman–Crippen LogP) is 3.51. The lowest BCUT2D eigenvalue weighted by atomic mass is 9.92. The summed E-state index contributed by atoms with van der Waals surface area (Å²) in [6.07, 6.45) is 3.61. The van der Waals surface area contributed by atoms with Crippen LogP contribution in [0.4, 0.5) is 4.39 Å². The van der Waals surface area contributed by atoms with Gasteiger partial charge in [-0.2, -0.15) is 0 Å². The summed E-state index contributed by atoms with van der Waals surface area (Å²) in [4.78, 5) is 12.2. The molecule has 6 heteroatoms. The van der Waals surface area contributed by atoms with Gasteiger partial charge in [-0.3, -0.25) is 4.79 Å². The highest BCUT2D eigenvalue weighted by atomic mass is 35.5. The first-order valence-electron chi connectivity index (χ1n) is 7.54. The highest BCUT2D eigenvalue weighted by Gasteiger charge is 2.22. The Hall–Kier alpha value is -1.85. The van der Waals surface area contributed by atoms with Crippen LogP contribution in [0, 0.1) is 5.82 Å². The normalized spacial score (nSPS) is 20.6. The van der Waals surface area contributed by atoms with Crippen LogP contribution in [0.15, 0.2) is 40.8 Å². The summed E-state index contributed by atoms with van der Waals surface area (Å²) in [5.74, 6) is -0.0739. The quantitative estimate of drug-likeness (QED) is 0.899. The number of rotatable bonds is 3. The lowest BCUT2D eigenvalue weighted by Crippen LogP contribution is -2.40. The third-order valence-electron chi connectivity index (χ3n) is 4.08. The van der Waals surface area contributed by atoms with E-state index >= 15 is 0 Å². The summed E-state index contributed by atoms with van der Waals surface area (Å²) < 4.78 is 19.2. The molecular weight excluding hydrogens is 319 g/mol. The number of benzene rings is 1. The van der Waals surface area contributed by atoms with Gasteiger partial charge in [0.2, 0.25) is 0 Å². The molecule has 0 saturated heterocycles. The highest BCUT2D eigenvalue weighted by Crippen LogP contribution is 2.25. The van der Waals surface area contributed by atoms with Crippen LogP contribution >= 0.6 is 12.4 Å². The SMILES string of the molecule is Cl.NC1CCC(NC(=O)c2ccc(-c3ccccc3F)o2)CC1.